The Balaban J connectivity index is 2.20. The predicted molar refractivity (Wildman–Crippen MR) is 98.4 cm³/mol. The van der Waals surface area contributed by atoms with Crippen LogP contribution in [0.25, 0.3) is 0 Å². The molecule has 0 spiro atoms. The number of hydrogen-bond acceptors (Lipinski definition) is 3. The largest absolute Gasteiger partial charge is 0.377 e. The average Bonchev–Trinajstić information content (AvgIpc) is 2.59. The van der Waals surface area contributed by atoms with Gasteiger partial charge in [-0.15, -0.1) is 0 Å². The van der Waals surface area contributed by atoms with Crippen LogP contribution in [-0.2, 0) is 14.3 Å². The first-order valence-corrected chi connectivity index (χ1v) is 8.70. The minimum atomic E-state index is -0.157. The maximum absolute atomic E-state index is 12.2. The third-order valence-electron chi connectivity index (χ3n) is 3.86. The van der Waals surface area contributed by atoms with E-state index in [-0.39, 0.29) is 11.8 Å². The van der Waals surface area contributed by atoms with Gasteiger partial charge in [0.25, 0.3) is 0 Å². The maximum atomic E-state index is 12.2. The van der Waals surface area contributed by atoms with Crippen LogP contribution >= 0.6 is 0 Å². The highest BCUT2D eigenvalue weighted by Gasteiger charge is 2.14. The molecule has 134 valence electrons. The second kappa shape index (κ2) is 11.8. The average molecular weight is 333 g/mol. The van der Waals surface area contributed by atoms with E-state index in [1.54, 1.807) is 0 Å². The fraction of sp³-hybridized carbons (Fsp3) is 0.550. The van der Waals surface area contributed by atoms with Gasteiger partial charge in [-0.25, -0.2) is 0 Å². The fourth-order valence-corrected chi connectivity index (χ4v) is 2.19. The van der Waals surface area contributed by atoms with Gasteiger partial charge in [-0.1, -0.05) is 50.3 Å². The topological polar surface area (TPSA) is 47.6 Å². The van der Waals surface area contributed by atoms with Crippen molar-refractivity contribution in [2.45, 2.75) is 39.5 Å². The van der Waals surface area contributed by atoms with Gasteiger partial charge in [0.2, 0.25) is 5.91 Å². The lowest BCUT2D eigenvalue weighted by atomic mass is 9.96. The van der Waals surface area contributed by atoms with Crippen molar-refractivity contribution in [3.8, 4) is 0 Å². The molecule has 1 rings (SSSR count). The molecule has 24 heavy (non-hydrogen) atoms. The minimum absolute atomic E-state index is 0.0280. The van der Waals surface area contributed by atoms with Crippen molar-refractivity contribution in [2.75, 3.05) is 33.0 Å². The van der Waals surface area contributed by atoms with Crippen molar-refractivity contribution in [1.29, 1.82) is 0 Å². The Morgan fingerprint density at radius 1 is 1.04 bits per heavy atom. The molecule has 1 aromatic rings. The first-order chi connectivity index (χ1) is 11.6. The highest BCUT2D eigenvalue weighted by Crippen LogP contribution is 2.19. The van der Waals surface area contributed by atoms with E-state index in [1.807, 2.05) is 38.1 Å². The number of amides is 1. The van der Waals surface area contributed by atoms with Crippen molar-refractivity contribution in [2.24, 2.45) is 0 Å². The molecule has 0 saturated carbocycles. The monoisotopic (exact) mass is 333 g/mol. The molecule has 0 aliphatic rings. The van der Waals surface area contributed by atoms with Crippen LogP contribution in [0.4, 0.5) is 0 Å². The number of carbonyl (C=O) groups is 1. The number of benzene rings is 1. The zero-order chi connectivity index (χ0) is 17.8. The van der Waals surface area contributed by atoms with E-state index >= 15 is 0 Å². The Kier molecular flexibility index (Phi) is 10.0. The zero-order valence-corrected chi connectivity index (χ0v) is 15.4. The van der Waals surface area contributed by atoms with E-state index in [9.17, 15) is 4.79 Å². The third kappa shape index (κ3) is 7.75. The molecule has 0 fully saturated rings. The standard InChI is InChI=1S/C20H31NO3/c1-5-6-12-23-14-15-24-13-11-21-20(22)17(4)19-9-7-18(8-10-19)16(2)3/h5-10,16-17H,11-15H2,1-4H3,(H,21,22)/b6-5+. The van der Waals surface area contributed by atoms with Crippen molar-refractivity contribution in [1.82, 2.24) is 5.32 Å². The van der Waals surface area contributed by atoms with Gasteiger partial charge in [-0.05, 0) is 30.9 Å². The van der Waals surface area contributed by atoms with Crippen molar-refractivity contribution < 1.29 is 14.3 Å². The molecule has 0 aliphatic heterocycles. The molecule has 1 amide bonds. The van der Waals surface area contributed by atoms with E-state index in [0.29, 0.717) is 38.9 Å². The molecule has 1 aromatic carbocycles. The summed E-state index contributed by atoms with van der Waals surface area (Å²) in [6.07, 6.45) is 3.91. The van der Waals surface area contributed by atoms with Crippen LogP contribution in [0, 0.1) is 0 Å². The lowest BCUT2D eigenvalue weighted by Crippen LogP contribution is -2.31. The van der Waals surface area contributed by atoms with Crippen LogP contribution in [-0.4, -0.2) is 38.9 Å². The number of rotatable bonds is 11. The summed E-state index contributed by atoms with van der Waals surface area (Å²) in [4.78, 5) is 12.2. The quantitative estimate of drug-likeness (QED) is 0.497. The summed E-state index contributed by atoms with van der Waals surface area (Å²) in [7, 11) is 0. The maximum Gasteiger partial charge on any atom is 0.227 e. The highest BCUT2D eigenvalue weighted by molar-refractivity contribution is 5.83. The first kappa shape index (κ1) is 20.4. The molecule has 0 aromatic heterocycles. The lowest BCUT2D eigenvalue weighted by molar-refractivity contribution is -0.122. The van der Waals surface area contributed by atoms with Crippen LogP contribution in [0.2, 0.25) is 0 Å². The Morgan fingerprint density at radius 2 is 1.67 bits per heavy atom. The summed E-state index contributed by atoms with van der Waals surface area (Å²) in [5.41, 5.74) is 2.33. The lowest BCUT2D eigenvalue weighted by Gasteiger charge is -2.14. The van der Waals surface area contributed by atoms with Gasteiger partial charge in [0.15, 0.2) is 0 Å². The summed E-state index contributed by atoms with van der Waals surface area (Å²) in [5, 5.41) is 2.91. The summed E-state index contributed by atoms with van der Waals surface area (Å²) < 4.78 is 10.8. The second-order valence-corrected chi connectivity index (χ2v) is 6.09. The summed E-state index contributed by atoms with van der Waals surface area (Å²) in [6.45, 7) is 10.9. The Bertz CT molecular complexity index is 494. The van der Waals surface area contributed by atoms with Crippen LogP contribution in [0.1, 0.15) is 50.7 Å². The molecular weight excluding hydrogens is 302 g/mol. The van der Waals surface area contributed by atoms with Gasteiger partial charge in [-0.2, -0.15) is 0 Å². The molecule has 1 N–H and O–H groups in total. The molecule has 0 saturated heterocycles. The summed E-state index contributed by atoms with van der Waals surface area (Å²) in [6, 6.07) is 8.28. The van der Waals surface area contributed by atoms with Crippen LogP contribution in [0.15, 0.2) is 36.4 Å². The number of allylic oxidation sites excluding steroid dienone is 1. The van der Waals surface area contributed by atoms with E-state index < -0.39 is 0 Å². The normalized spacial score (nSPS) is 12.7. The molecule has 4 heteroatoms. The fourth-order valence-electron chi connectivity index (χ4n) is 2.19. The molecule has 0 heterocycles. The molecule has 1 unspecified atom stereocenters. The molecule has 1 atom stereocenters. The SMILES string of the molecule is C/C=C/COCCOCCNC(=O)C(C)c1ccc(C(C)C)cc1. The molecule has 0 bridgehead atoms. The molecular formula is C20H31NO3. The molecule has 0 aliphatic carbocycles. The number of nitrogens with one attached hydrogen (secondary N) is 1. The van der Waals surface area contributed by atoms with Crippen LogP contribution in [0.5, 0.6) is 0 Å². The number of carbonyl (C=O) groups excluding carboxylic acids is 1. The van der Waals surface area contributed by atoms with Crippen molar-refractivity contribution >= 4 is 5.91 Å². The second-order valence-electron chi connectivity index (χ2n) is 6.09. The van der Waals surface area contributed by atoms with Gasteiger partial charge in [0, 0.05) is 6.54 Å². The Labute approximate surface area is 146 Å². The zero-order valence-electron chi connectivity index (χ0n) is 15.4. The number of hydrogen-bond donors (Lipinski definition) is 1. The van der Waals surface area contributed by atoms with Gasteiger partial charge in [-0.3, -0.25) is 4.79 Å². The van der Waals surface area contributed by atoms with Gasteiger partial charge >= 0.3 is 0 Å². The highest BCUT2D eigenvalue weighted by atomic mass is 16.5. The minimum Gasteiger partial charge on any atom is -0.377 e. The number of ether oxygens (including phenoxy) is 2. The summed E-state index contributed by atoms with van der Waals surface area (Å²) in [5.74, 6) is 0.373. The predicted octanol–water partition coefficient (Wildman–Crippen LogP) is 3.64. The van der Waals surface area contributed by atoms with Gasteiger partial charge in [0.05, 0.1) is 32.3 Å². The third-order valence-corrected chi connectivity index (χ3v) is 3.86. The molecule has 0 radical (unpaired) electrons. The van der Waals surface area contributed by atoms with E-state index in [4.69, 9.17) is 9.47 Å². The van der Waals surface area contributed by atoms with Crippen molar-refractivity contribution in [3.63, 3.8) is 0 Å². The van der Waals surface area contributed by atoms with Gasteiger partial charge < -0.3 is 14.8 Å². The Morgan fingerprint density at radius 3 is 2.29 bits per heavy atom. The van der Waals surface area contributed by atoms with Crippen LogP contribution < -0.4 is 5.32 Å². The van der Waals surface area contributed by atoms with E-state index in [0.717, 1.165) is 5.56 Å². The summed E-state index contributed by atoms with van der Waals surface area (Å²) >= 11 is 0. The van der Waals surface area contributed by atoms with Crippen LogP contribution in [0.3, 0.4) is 0 Å². The first-order valence-electron chi connectivity index (χ1n) is 8.70. The van der Waals surface area contributed by atoms with E-state index in [2.05, 4.69) is 31.3 Å². The molecule has 4 nitrogen and oxygen atoms in total. The smallest absolute Gasteiger partial charge is 0.227 e. The Hall–Kier alpha value is -1.65. The van der Waals surface area contributed by atoms with Crippen molar-refractivity contribution in [3.05, 3.63) is 47.5 Å². The van der Waals surface area contributed by atoms with Gasteiger partial charge in [0.1, 0.15) is 0 Å². The van der Waals surface area contributed by atoms with E-state index in [1.165, 1.54) is 5.56 Å².